The molecule has 0 atom stereocenters. The number of halogens is 2. The molecule has 0 fully saturated rings. The van der Waals surface area contributed by atoms with Gasteiger partial charge in [-0.2, -0.15) is 0 Å². The minimum Gasteiger partial charge on any atom is -0.489 e. The fourth-order valence-electron chi connectivity index (χ4n) is 0.979. The van der Waals surface area contributed by atoms with Gasteiger partial charge in [0.2, 0.25) is 5.75 Å². The highest BCUT2D eigenvalue weighted by atomic mass is 35.5. The summed E-state index contributed by atoms with van der Waals surface area (Å²) in [6, 6.07) is 0.864. The van der Waals surface area contributed by atoms with Gasteiger partial charge >= 0.3 is 5.69 Å². The molecule has 5 nitrogen and oxygen atoms in total. The standard InChI is InChI=1S/C7H6ClFN2O3/c1-14-7-3(8)2-4(9)5(10)6(7)11(12)13/h2H,10H2,1H3. The summed E-state index contributed by atoms with van der Waals surface area (Å²) in [5.41, 5.74) is 3.93. The average Bonchev–Trinajstić information content (AvgIpc) is 2.10. The fraction of sp³-hybridized carbons (Fsp3) is 0.143. The Balaban J connectivity index is 3.56. The van der Waals surface area contributed by atoms with Crippen molar-refractivity contribution in [1.82, 2.24) is 0 Å². The normalized spacial score (nSPS) is 9.93. The van der Waals surface area contributed by atoms with Gasteiger partial charge in [-0.1, -0.05) is 11.6 Å². The fourth-order valence-corrected chi connectivity index (χ4v) is 1.24. The molecule has 0 saturated carbocycles. The maximum absolute atomic E-state index is 12.9. The van der Waals surface area contributed by atoms with Crippen LogP contribution in [0.1, 0.15) is 0 Å². The summed E-state index contributed by atoms with van der Waals surface area (Å²) in [5, 5.41) is 10.3. The Bertz CT molecular complexity index is 397. The molecule has 0 aliphatic heterocycles. The van der Waals surface area contributed by atoms with Gasteiger partial charge in [0.15, 0.2) is 11.5 Å². The first-order valence-electron chi connectivity index (χ1n) is 3.45. The summed E-state index contributed by atoms with van der Waals surface area (Å²) >= 11 is 5.53. The SMILES string of the molecule is COc1c(Cl)cc(F)c(N)c1[N+](=O)[O-]. The van der Waals surface area contributed by atoms with Crippen LogP contribution in [0.4, 0.5) is 15.8 Å². The molecule has 2 N–H and O–H groups in total. The molecule has 0 bridgehead atoms. The number of nitrogens with zero attached hydrogens (tertiary/aromatic N) is 1. The zero-order valence-electron chi connectivity index (χ0n) is 7.08. The second-order valence-electron chi connectivity index (χ2n) is 2.39. The second kappa shape index (κ2) is 3.67. The van der Waals surface area contributed by atoms with Crippen molar-refractivity contribution in [3.8, 4) is 5.75 Å². The molecule has 0 unspecified atom stereocenters. The van der Waals surface area contributed by atoms with Gasteiger partial charge < -0.3 is 10.5 Å². The van der Waals surface area contributed by atoms with Crippen molar-refractivity contribution < 1.29 is 14.1 Å². The molecule has 1 rings (SSSR count). The molecule has 76 valence electrons. The largest absolute Gasteiger partial charge is 0.489 e. The van der Waals surface area contributed by atoms with Gasteiger partial charge in [0, 0.05) is 0 Å². The van der Waals surface area contributed by atoms with Crippen molar-refractivity contribution >= 4 is 23.0 Å². The van der Waals surface area contributed by atoms with Crippen molar-refractivity contribution in [1.29, 1.82) is 0 Å². The highest BCUT2D eigenvalue weighted by Crippen LogP contribution is 2.40. The molecule has 0 aliphatic rings. The van der Waals surface area contributed by atoms with E-state index in [0.717, 1.165) is 6.07 Å². The maximum atomic E-state index is 12.9. The number of methoxy groups -OCH3 is 1. The van der Waals surface area contributed by atoms with E-state index in [0.29, 0.717) is 0 Å². The maximum Gasteiger partial charge on any atom is 0.338 e. The number of ether oxygens (including phenoxy) is 1. The van der Waals surface area contributed by atoms with E-state index in [2.05, 4.69) is 4.74 Å². The Labute approximate surface area is 83.4 Å². The number of nitrogens with two attached hydrogens (primary N) is 1. The third-order valence-electron chi connectivity index (χ3n) is 1.58. The predicted molar refractivity (Wildman–Crippen MR) is 49.0 cm³/mol. The smallest absolute Gasteiger partial charge is 0.338 e. The lowest BCUT2D eigenvalue weighted by molar-refractivity contribution is -0.384. The van der Waals surface area contributed by atoms with Crippen LogP contribution in [0.25, 0.3) is 0 Å². The van der Waals surface area contributed by atoms with Crippen LogP contribution in [0.15, 0.2) is 6.07 Å². The summed E-state index contributed by atoms with van der Waals surface area (Å²) in [7, 11) is 1.19. The topological polar surface area (TPSA) is 78.4 Å². The zero-order chi connectivity index (χ0) is 10.9. The van der Waals surface area contributed by atoms with Crippen molar-refractivity contribution in [2.75, 3.05) is 12.8 Å². The minimum absolute atomic E-state index is 0.189. The zero-order valence-corrected chi connectivity index (χ0v) is 7.84. The van der Waals surface area contributed by atoms with Gasteiger partial charge in [-0.3, -0.25) is 10.1 Å². The number of benzene rings is 1. The Morgan fingerprint density at radius 2 is 2.29 bits per heavy atom. The molecule has 14 heavy (non-hydrogen) atoms. The molecular weight excluding hydrogens is 215 g/mol. The van der Waals surface area contributed by atoms with E-state index in [4.69, 9.17) is 17.3 Å². The first-order valence-corrected chi connectivity index (χ1v) is 3.82. The lowest BCUT2D eigenvalue weighted by Crippen LogP contribution is -2.02. The van der Waals surface area contributed by atoms with Crippen LogP contribution in [0.2, 0.25) is 5.02 Å². The van der Waals surface area contributed by atoms with Crippen molar-refractivity contribution in [3.63, 3.8) is 0 Å². The summed E-state index contributed by atoms with van der Waals surface area (Å²) < 4.78 is 17.6. The van der Waals surface area contributed by atoms with Gasteiger partial charge in [0.25, 0.3) is 0 Å². The van der Waals surface area contributed by atoms with Crippen LogP contribution in [0.3, 0.4) is 0 Å². The quantitative estimate of drug-likeness (QED) is 0.470. The number of anilines is 1. The summed E-state index contributed by atoms with van der Waals surface area (Å²) in [6.07, 6.45) is 0. The molecule has 0 aromatic heterocycles. The molecule has 0 radical (unpaired) electrons. The van der Waals surface area contributed by atoms with Crippen LogP contribution in [-0.4, -0.2) is 12.0 Å². The van der Waals surface area contributed by atoms with E-state index < -0.39 is 22.1 Å². The first-order chi connectivity index (χ1) is 6.49. The summed E-state index contributed by atoms with van der Waals surface area (Å²) in [5.74, 6) is -1.18. The third-order valence-corrected chi connectivity index (χ3v) is 1.87. The Morgan fingerprint density at radius 1 is 1.71 bits per heavy atom. The van der Waals surface area contributed by atoms with Gasteiger partial charge in [-0.25, -0.2) is 4.39 Å². The summed E-state index contributed by atoms with van der Waals surface area (Å²) in [4.78, 5) is 9.68. The molecule has 0 spiro atoms. The average molecular weight is 221 g/mol. The van der Waals surface area contributed by atoms with E-state index in [-0.39, 0.29) is 10.8 Å². The van der Waals surface area contributed by atoms with Crippen LogP contribution in [-0.2, 0) is 0 Å². The van der Waals surface area contributed by atoms with Crippen LogP contribution >= 0.6 is 11.6 Å². The first kappa shape index (κ1) is 10.5. The minimum atomic E-state index is -0.942. The predicted octanol–water partition coefficient (Wildman–Crippen LogP) is 1.98. The highest BCUT2D eigenvalue weighted by molar-refractivity contribution is 6.32. The number of nitro benzene ring substituents is 1. The van der Waals surface area contributed by atoms with Gasteiger partial charge in [0.05, 0.1) is 17.1 Å². The van der Waals surface area contributed by atoms with Crippen molar-refractivity contribution in [2.45, 2.75) is 0 Å². The van der Waals surface area contributed by atoms with Gasteiger partial charge in [-0.05, 0) is 6.07 Å². The van der Waals surface area contributed by atoms with Gasteiger partial charge in [-0.15, -0.1) is 0 Å². The number of nitro groups is 1. The Hall–Kier alpha value is -1.56. The van der Waals surface area contributed by atoms with Gasteiger partial charge in [0.1, 0.15) is 0 Å². The highest BCUT2D eigenvalue weighted by Gasteiger charge is 2.25. The Morgan fingerprint density at radius 3 is 2.71 bits per heavy atom. The van der Waals surface area contributed by atoms with E-state index >= 15 is 0 Å². The molecule has 7 heteroatoms. The van der Waals surface area contributed by atoms with Crippen molar-refractivity contribution in [2.24, 2.45) is 0 Å². The number of nitrogen functional groups attached to an aromatic ring is 1. The van der Waals surface area contributed by atoms with Crippen LogP contribution < -0.4 is 10.5 Å². The molecule has 0 amide bonds. The van der Waals surface area contributed by atoms with E-state index in [1.54, 1.807) is 0 Å². The monoisotopic (exact) mass is 220 g/mol. The number of rotatable bonds is 2. The molecule has 0 aliphatic carbocycles. The van der Waals surface area contributed by atoms with E-state index in [1.165, 1.54) is 7.11 Å². The number of hydrogen-bond donors (Lipinski definition) is 1. The third kappa shape index (κ3) is 1.56. The summed E-state index contributed by atoms with van der Waals surface area (Å²) in [6.45, 7) is 0. The molecular formula is C7H6ClFN2O3. The second-order valence-corrected chi connectivity index (χ2v) is 2.80. The van der Waals surface area contributed by atoms with Crippen LogP contribution in [0.5, 0.6) is 5.75 Å². The lowest BCUT2D eigenvalue weighted by Gasteiger charge is -2.06. The Kier molecular flexibility index (Phi) is 2.76. The van der Waals surface area contributed by atoms with Crippen LogP contribution in [0, 0.1) is 15.9 Å². The molecule has 1 aromatic rings. The van der Waals surface area contributed by atoms with E-state index in [1.807, 2.05) is 0 Å². The molecule has 0 saturated heterocycles. The molecule has 1 aromatic carbocycles. The van der Waals surface area contributed by atoms with E-state index in [9.17, 15) is 14.5 Å². The van der Waals surface area contributed by atoms with Crippen molar-refractivity contribution in [3.05, 3.63) is 27.0 Å². The number of hydrogen-bond acceptors (Lipinski definition) is 4. The molecule has 0 heterocycles. The lowest BCUT2D eigenvalue weighted by atomic mass is 10.2.